The van der Waals surface area contributed by atoms with Gasteiger partial charge in [-0.25, -0.2) is 0 Å². The minimum atomic E-state index is -0.648. The number of rotatable bonds is 4. The number of carboxylic acids is 1. The van der Waals surface area contributed by atoms with Crippen LogP contribution in [-0.2, 0) is 11.3 Å². The number of aryl methyl sites for hydroxylation is 1. The molecule has 4 nitrogen and oxygen atoms in total. The van der Waals surface area contributed by atoms with Gasteiger partial charge in [0.25, 0.3) is 0 Å². The molecule has 0 aliphatic carbocycles. The summed E-state index contributed by atoms with van der Waals surface area (Å²) >= 11 is 0. The summed E-state index contributed by atoms with van der Waals surface area (Å²) in [6.45, 7) is 6.51. The Morgan fingerprint density at radius 1 is 1.24 bits per heavy atom. The van der Waals surface area contributed by atoms with Crippen LogP contribution in [0.4, 0.5) is 0 Å². The first-order valence-corrected chi connectivity index (χ1v) is 9.87. The third kappa shape index (κ3) is 3.47. The first-order valence-electron chi connectivity index (χ1n) is 9.87. The predicted molar refractivity (Wildman–Crippen MR) is 98.4 cm³/mol. The fourth-order valence-corrected chi connectivity index (χ4v) is 5.77. The number of carboxylic acid groups (broad SMARTS) is 1. The van der Waals surface area contributed by atoms with Crippen molar-refractivity contribution in [3.8, 4) is 0 Å². The molecule has 1 N–H and O–H groups in total. The Hall–Kier alpha value is -1.39. The van der Waals surface area contributed by atoms with E-state index in [2.05, 4.69) is 41.0 Å². The molecule has 0 saturated carbocycles. The second kappa shape index (κ2) is 7.08. The standard InChI is InChI=1S/C21H30N2O2/c1-15-5-2-6-16(11-15)13-23-14-17-7-3-9-22-10-4-8-18(21(17)22)19(23)12-20(24)25/h2,5-6,11,17-19,21H,3-4,7-10,12-14H2,1H3,(H,24,25)/t17-,18+,19+,21-/m0/s1. The van der Waals surface area contributed by atoms with Gasteiger partial charge in [0.2, 0.25) is 0 Å². The van der Waals surface area contributed by atoms with Crippen LogP contribution >= 0.6 is 0 Å². The molecule has 1 aromatic rings. The maximum absolute atomic E-state index is 11.6. The van der Waals surface area contributed by atoms with Gasteiger partial charge in [-0.15, -0.1) is 0 Å². The number of carbonyl (C=O) groups is 1. The zero-order chi connectivity index (χ0) is 17.4. The summed E-state index contributed by atoms with van der Waals surface area (Å²) in [5.41, 5.74) is 2.60. The molecule has 0 radical (unpaired) electrons. The average Bonchev–Trinajstić information content (AvgIpc) is 2.58. The Bertz CT molecular complexity index is 630. The summed E-state index contributed by atoms with van der Waals surface area (Å²) in [6, 6.07) is 9.49. The van der Waals surface area contributed by atoms with Crippen LogP contribution in [0.2, 0.25) is 0 Å². The maximum Gasteiger partial charge on any atom is 0.304 e. The molecule has 0 bridgehead atoms. The maximum atomic E-state index is 11.6. The van der Waals surface area contributed by atoms with Crippen LogP contribution in [0.1, 0.15) is 43.2 Å². The van der Waals surface area contributed by atoms with Gasteiger partial charge in [0.1, 0.15) is 0 Å². The highest BCUT2D eigenvalue weighted by atomic mass is 16.4. The summed E-state index contributed by atoms with van der Waals surface area (Å²) < 4.78 is 0. The molecule has 4 atom stereocenters. The predicted octanol–water partition coefficient (Wildman–Crippen LogP) is 3.14. The molecule has 4 heteroatoms. The van der Waals surface area contributed by atoms with Gasteiger partial charge in [0.05, 0.1) is 6.42 Å². The van der Waals surface area contributed by atoms with Gasteiger partial charge in [-0.3, -0.25) is 14.6 Å². The van der Waals surface area contributed by atoms with Gasteiger partial charge >= 0.3 is 5.97 Å². The van der Waals surface area contributed by atoms with Crippen molar-refractivity contribution in [3.63, 3.8) is 0 Å². The van der Waals surface area contributed by atoms with Gasteiger partial charge in [0.15, 0.2) is 0 Å². The number of piperidine rings is 3. The number of aliphatic carboxylic acids is 1. The third-order valence-electron chi connectivity index (χ3n) is 6.63. The lowest BCUT2D eigenvalue weighted by atomic mass is 9.69. The molecule has 0 aromatic heterocycles. The van der Waals surface area contributed by atoms with E-state index < -0.39 is 5.97 Å². The van der Waals surface area contributed by atoms with Crippen molar-refractivity contribution < 1.29 is 9.90 Å². The molecular formula is C21H30N2O2. The lowest BCUT2D eigenvalue weighted by molar-refractivity contribution is -0.143. The molecule has 4 rings (SSSR count). The minimum absolute atomic E-state index is 0.181. The highest BCUT2D eigenvalue weighted by Gasteiger charge is 2.48. The number of hydrogen-bond donors (Lipinski definition) is 1. The lowest BCUT2D eigenvalue weighted by Gasteiger charge is -2.57. The normalized spacial score (nSPS) is 33.0. The zero-order valence-corrected chi connectivity index (χ0v) is 15.2. The molecule has 3 heterocycles. The Morgan fingerprint density at radius 2 is 2.04 bits per heavy atom. The first kappa shape index (κ1) is 17.0. The average molecular weight is 342 g/mol. The van der Waals surface area contributed by atoms with Crippen LogP contribution in [0.3, 0.4) is 0 Å². The third-order valence-corrected chi connectivity index (χ3v) is 6.63. The number of nitrogens with zero attached hydrogens (tertiary/aromatic N) is 2. The van der Waals surface area contributed by atoms with Crippen LogP contribution in [0.25, 0.3) is 0 Å². The van der Waals surface area contributed by atoms with E-state index in [0.717, 1.165) is 13.1 Å². The van der Waals surface area contributed by atoms with Crippen molar-refractivity contribution >= 4 is 5.97 Å². The fraction of sp³-hybridized carbons (Fsp3) is 0.667. The highest BCUT2D eigenvalue weighted by Crippen LogP contribution is 2.43. The summed E-state index contributed by atoms with van der Waals surface area (Å²) in [6.07, 6.45) is 5.31. The van der Waals surface area contributed by atoms with E-state index in [1.807, 2.05) is 0 Å². The Labute approximate surface area is 150 Å². The van der Waals surface area contributed by atoms with Crippen LogP contribution in [-0.4, -0.2) is 52.6 Å². The van der Waals surface area contributed by atoms with Gasteiger partial charge in [-0.05, 0) is 63.1 Å². The molecule has 1 aromatic carbocycles. The van der Waals surface area contributed by atoms with Crippen molar-refractivity contribution in [2.75, 3.05) is 19.6 Å². The van der Waals surface area contributed by atoms with E-state index in [9.17, 15) is 9.90 Å². The molecule has 0 amide bonds. The van der Waals surface area contributed by atoms with Crippen molar-refractivity contribution in [2.45, 2.75) is 57.7 Å². The molecule has 3 aliphatic rings. The number of benzene rings is 1. The highest BCUT2D eigenvalue weighted by molar-refractivity contribution is 5.67. The quantitative estimate of drug-likeness (QED) is 0.913. The second-order valence-electron chi connectivity index (χ2n) is 8.32. The van der Waals surface area contributed by atoms with E-state index in [4.69, 9.17) is 0 Å². The molecular weight excluding hydrogens is 312 g/mol. The van der Waals surface area contributed by atoms with E-state index >= 15 is 0 Å². The Morgan fingerprint density at radius 3 is 2.80 bits per heavy atom. The summed E-state index contributed by atoms with van der Waals surface area (Å²) in [5.74, 6) is 0.591. The summed E-state index contributed by atoms with van der Waals surface area (Å²) in [7, 11) is 0. The Balaban J connectivity index is 1.61. The van der Waals surface area contributed by atoms with Crippen LogP contribution in [0.5, 0.6) is 0 Å². The van der Waals surface area contributed by atoms with Crippen LogP contribution < -0.4 is 0 Å². The van der Waals surface area contributed by atoms with E-state index in [1.54, 1.807) is 0 Å². The summed E-state index contributed by atoms with van der Waals surface area (Å²) in [5, 5.41) is 9.55. The SMILES string of the molecule is Cc1cccc(CN2C[C@@H]3CCCN4CCC[C@@H]([C@H]34)[C@H]2CC(=O)O)c1. The molecule has 136 valence electrons. The number of hydrogen-bond acceptors (Lipinski definition) is 3. The Kier molecular flexibility index (Phi) is 4.83. The molecule has 3 fully saturated rings. The smallest absolute Gasteiger partial charge is 0.304 e. The van der Waals surface area contributed by atoms with Crippen molar-refractivity contribution in [3.05, 3.63) is 35.4 Å². The largest absolute Gasteiger partial charge is 0.481 e. The van der Waals surface area contributed by atoms with Crippen molar-refractivity contribution in [1.82, 2.24) is 9.80 Å². The van der Waals surface area contributed by atoms with Crippen LogP contribution in [0.15, 0.2) is 24.3 Å². The van der Waals surface area contributed by atoms with Crippen LogP contribution in [0, 0.1) is 18.8 Å². The van der Waals surface area contributed by atoms with E-state index in [0.29, 0.717) is 17.9 Å². The second-order valence-corrected chi connectivity index (χ2v) is 8.32. The molecule has 0 spiro atoms. The van der Waals surface area contributed by atoms with E-state index in [-0.39, 0.29) is 12.5 Å². The van der Waals surface area contributed by atoms with E-state index in [1.165, 1.54) is 49.9 Å². The van der Waals surface area contributed by atoms with Gasteiger partial charge < -0.3 is 5.11 Å². The van der Waals surface area contributed by atoms with Gasteiger partial charge in [-0.2, -0.15) is 0 Å². The zero-order valence-electron chi connectivity index (χ0n) is 15.2. The van der Waals surface area contributed by atoms with Gasteiger partial charge in [0, 0.05) is 25.2 Å². The van der Waals surface area contributed by atoms with Crippen molar-refractivity contribution in [2.24, 2.45) is 11.8 Å². The first-order chi connectivity index (χ1) is 12.1. The summed E-state index contributed by atoms with van der Waals surface area (Å²) in [4.78, 5) is 16.8. The fourth-order valence-electron chi connectivity index (χ4n) is 5.77. The van der Waals surface area contributed by atoms with Crippen molar-refractivity contribution in [1.29, 1.82) is 0 Å². The molecule has 3 saturated heterocycles. The number of likely N-dealkylation sites (tertiary alicyclic amines) is 1. The molecule has 0 unspecified atom stereocenters. The minimum Gasteiger partial charge on any atom is -0.481 e. The topological polar surface area (TPSA) is 43.8 Å². The monoisotopic (exact) mass is 342 g/mol. The molecule has 3 aliphatic heterocycles. The molecule has 25 heavy (non-hydrogen) atoms. The van der Waals surface area contributed by atoms with Gasteiger partial charge in [-0.1, -0.05) is 29.8 Å². The lowest BCUT2D eigenvalue weighted by Crippen LogP contribution is -2.64.